The molecule has 0 radical (unpaired) electrons. The van der Waals surface area contributed by atoms with E-state index in [0.29, 0.717) is 11.4 Å². The number of rotatable bonds is 3. The maximum absolute atomic E-state index is 11.1. The van der Waals surface area contributed by atoms with Crippen molar-refractivity contribution < 1.29 is 9.85 Å². The van der Waals surface area contributed by atoms with Crippen LogP contribution in [0.1, 0.15) is 0 Å². The lowest BCUT2D eigenvalue weighted by atomic mass is 10.2. The summed E-state index contributed by atoms with van der Waals surface area (Å²) in [6.07, 6.45) is 0. The Morgan fingerprint density at radius 3 is 2.19 bits per heavy atom. The van der Waals surface area contributed by atoms with Crippen LogP contribution in [0.25, 0.3) is 0 Å². The van der Waals surface area contributed by atoms with Gasteiger partial charge < -0.3 is 10.6 Å². The number of benzene rings is 1. The van der Waals surface area contributed by atoms with E-state index < -0.39 is 25.1 Å². The molecule has 8 nitrogen and oxygen atoms in total. The minimum absolute atomic E-state index is 0.0840. The van der Waals surface area contributed by atoms with Gasteiger partial charge in [0, 0.05) is 12.1 Å². The molecule has 1 aliphatic rings. The number of hydrogen-bond acceptors (Lipinski definition) is 6. The van der Waals surface area contributed by atoms with Gasteiger partial charge >= 0.3 is 5.70 Å². The molecule has 0 fully saturated rings. The number of nitrogens with zero attached hydrogens (tertiary/aromatic N) is 2. The zero-order valence-electron chi connectivity index (χ0n) is 9.89. The highest BCUT2D eigenvalue weighted by Crippen LogP contribution is 2.37. The van der Waals surface area contributed by atoms with Crippen molar-refractivity contribution in [3.8, 4) is 0 Å². The lowest BCUT2D eigenvalue weighted by molar-refractivity contribution is -0.420. The van der Waals surface area contributed by atoms with Gasteiger partial charge in [0.05, 0.1) is 21.2 Å². The van der Waals surface area contributed by atoms with Crippen LogP contribution in [0.3, 0.4) is 0 Å². The third-order valence-electron chi connectivity index (χ3n) is 2.53. The minimum Gasteiger partial charge on any atom is -0.334 e. The molecular formula is C10H5Cl3N4O4. The van der Waals surface area contributed by atoms with Crippen LogP contribution in [0, 0.1) is 20.2 Å². The van der Waals surface area contributed by atoms with E-state index in [1.807, 2.05) is 0 Å². The topological polar surface area (TPSA) is 110 Å². The van der Waals surface area contributed by atoms with Crippen molar-refractivity contribution in [1.29, 1.82) is 0 Å². The molecule has 2 rings (SSSR count). The Kier molecular flexibility index (Phi) is 4.21. The van der Waals surface area contributed by atoms with Crippen LogP contribution in [0.15, 0.2) is 39.2 Å². The molecule has 21 heavy (non-hydrogen) atoms. The maximum atomic E-state index is 11.1. The second-order valence-corrected chi connectivity index (χ2v) is 5.12. The number of fused-ring (bicyclic) bond motifs is 1. The van der Waals surface area contributed by atoms with Gasteiger partial charge in [-0.1, -0.05) is 34.8 Å². The largest absolute Gasteiger partial charge is 0.334 e. The van der Waals surface area contributed by atoms with Crippen LogP contribution in [-0.4, -0.2) is 9.85 Å². The molecule has 2 N–H and O–H groups in total. The van der Waals surface area contributed by atoms with E-state index in [1.54, 1.807) is 0 Å². The molecule has 110 valence electrons. The van der Waals surface area contributed by atoms with Gasteiger partial charge in [-0.15, -0.1) is 0 Å². The van der Waals surface area contributed by atoms with Crippen LogP contribution in [0.5, 0.6) is 0 Å². The fourth-order valence-corrected chi connectivity index (χ4v) is 1.99. The third kappa shape index (κ3) is 3.02. The summed E-state index contributed by atoms with van der Waals surface area (Å²) in [5.74, 6) is -0.0840. The van der Waals surface area contributed by atoms with E-state index >= 15 is 0 Å². The van der Waals surface area contributed by atoms with Gasteiger partial charge in [-0.05, 0) is 6.07 Å². The molecule has 0 amide bonds. The van der Waals surface area contributed by atoms with E-state index in [-0.39, 0.29) is 11.5 Å². The first kappa shape index (κ1) is 15.4. The molecule has 0 saturated carbocycles. The first-order chi connectivity index (χ1) is 9.81. The van der Waals surface area contributed by atoms with Crippen molar-refractivity contribution in [3.05, 3.63) is 59.5 Å². The van der Waals surface area contributed by atoms with Crippen molar-refractivity contribution in [2.45, 2.75) is 0 Å². The van der Waals surface area contributed by atoms with Crippen molar-refractivity contribution in [3.63, 3.8) is 0 Å². The quantitative estimate of drug-likeness (QED) is 0.633. The van der Waals surface area contributed by atoms with Crippen LogP contribution in [0.2, 0.25) is 0 Å². The maximum Gasteiger partial charge on any atom is 0.330 e. The van der Waals surface area contributed by atoms with Gasteiger partial charge in [-0.25, -0.2) is 0 Å². The van der Waals surface area contributed by atoms with Crippen molar-refractivity contribution in [2.24, 2.45) is 0 Å². The summed E-state index contributed by atoms with van der Waals surface area (Å²) in [5, 5.41) is 26.6. The summed E-state index contributed by atoms with van der Waals surface area (Å²) in [6.45, 7) is 0. The van der Waals surface area contributed by atoms with E-state index in [1.165, 1.54) is 18.2 Å². The molecule has 0 unspecified atom stereocenters. The molecule has 0 atom stereocenters. The monoisotopic (exact) mass is 350 g/mol. The number of nitro groups is 2. The van der Waals surface area contributed by atoms with E-state index in [2.05, 4.69) is 10.6 Å². The smallest absolute Gasteiger partial charge is 0.330 e. The molecule has 1 heterocycles. The van der Waals surface area contributed by atoms with Crippen molar-refractivity contribution in [2.75, 3.05) is 10.6 Å². The average Bonchev–Trinajstić information content (AvgIpc) is 2.79. The Morgan fingerprint density at radius 1 is 1.05 bits per heavy atom. The summed E-state index contributed by atoms with van der Waals surface area (Å²) >= 11 is 16.6. The van der Waals surface area contributed by atoms with Crippen LogP contribution >= 0.6 is 34.8 Å². The molecule has 1 aromatic carbocycles. The Morgan fingerprint density at radius 2 is 1.67 bits per heavy atom. The van der Waals surface area contributed by atoms with E-state index in [4.69, 9.17) is 34.8 Å². The number of nitrogens with one attached hydrogen (secondary N) is 2. The number of hydrogen-bond donors (Lipinski definition) is 2. The summed E-state index contributed by atoms with van der Waals surface area (Å²) in [4.78, 5) is 20.4. The lowest BCUT2D eigenvalue weighted by Gasteiger charge is -2.03. The molecule has 0 saturated heterocycles. The molecule has 0 aliphatic carbocycles. The Labute approximate surface area is 132 Å². The highest BCUT2D eigenvalue weighted by molar-refractivity contribution is 6.59. The number of anilines is 2. The fraction of sp³-hybridized carbons (Fsp3) is 0. The van der Waals surface area contributed by atoms with Crippen molar-refractivity contribution in [1.82, 2.24) is 0 Å². The number of nitro benzene ring substituents is 1. The summed E-state index contributed by atoms with van der Waals surface area (Å²) in [6, 6.07) is 3.89. The molecular weight excluding hydrogens is 346 g/mol. The molecule has 11 heteroatoms. The first-order valence-electron chi connectivity index (χ1n) is 5.23. The Hall–Kier alpha value is -2.03. The summed E-state index contributed by atoms with van der Waals surface area (Å²) < 4.78 is -0.471. The second-order valence-electron chi connectivity index (χ2n) is 3.79. The van der Waals surface area contributed by atoms with E-state index in [9.17, 15) is 20.2 Å². The molecule has 0 aromatic heterocycles. The number of allylic oxidation sites excluding steroid dienone is 1. The van der Waals surface area contributed by atoms with Crippen molar-refractivity contribution >= 4 is 51.9 Å². The summed E-state index contributed by atoms with van der Waals surface area (Å²) in [7, 11) is 0. The molecule has 0 bridgehead atoms. The van der Waals surface area contributed by atoms with Crippen LogP contribution in [0.4, 0.5) is 17.1 Å². The Bertz CT molecular complexity index is 712. The average molecular weight is 352 g/mol. The predicted molar refractivity (Wildman–Crippen MR) is 78.9 cm³/mol. The van der Waals surface area contributed by atoms with Gasteiger partial charge in [-0.3, -0.25) is 20.2 Å². The number of non-ortho nitro benzene ring substituents is 1. The van der Waals surface area contributed by atoms with Gasteiger partial charge in [-0.2, -0.15) is 0 Å². The predicted octanol–water partition coefficient (Wildman–Crippen LogP) is 3.76. The fourth-order valence-electron chi connectivity index (χ4n) is 1.65. The highest BCUT2D eigenvalue weighted by Gasteiger charge is 2.30. The van der Waals surface area contributed by atoms with Crippen LogP contribution in [-0.2, 0) is 0 Å². The van der Waals surface area contributed by atoms with Crippen LogP contribution < -0.4 is 10.6 Å². The third-order valence-corrected chi connectivity index (χ3v) is 3.47. The first-order valence-corrected chi connectivity index (χ1v) is 6.37. The normalized spacial score (nSPS) is 14.6. The molecule has 0 spiro atoms. The summed E-state index contributed by atoms with van der Waals surface area (Å²) in [5.41, 5.74) is -0.0155. The van der Waals surface area contributed by atoms with Gasteiger partial charge in [0.2, 0.25) is 0 Å². The minimum atomic E-state index is -0.775. The number of halogens is 3. The zero-order valence-corrected chi connectivity index (χ0v) is 12.2. The Balaban J connectivity index is 2.49. The van der Waals surface area contributed by atoms with E-state index in [0.717, 1.165) is 0 Å². The van der Waals surface area contributed by atoms with Gasteiger partial charge in [0.1, 0.15) is 4.49 Å². The van der Waals surface area contributed by atoms with Gasteiger partial charge in [0.25, 0.3) is 5.69 Å². The lowest BCUT2D eigenvalue weighted by Crippen LogP contribution is -2.11. The molecule has 1 aliphatic heterocycles. The standard InChI is InChI=1S/C10H5Cl3N4O4/c11-7(9(12)13)8(17(20)21)10-14-5-2-1-4(16(18)19)3-6(5)15-10/h1-3,14-15H/b10-8-. The zero-order chi connectivity index (χ0) is 15.7. The highest BCUT2D eigenvalue weighted by atomic mass is 35.5. The SMILES string of the molecule is O=[N+]([O-])/C(C(Cl)=C(Cl)Cl)=C1/Nc2ccc([N+](=O)[O-])cc2N1. The van der Waals surface area contributed by atoms with Gasteiger partial charge in [0.15, 0.2) is 10.9 Å². The second kappa shape index (κ2) is 5.76. The molecule has 1 aromatic rings.